The van der Waals surface area contributed by atoms with E-state index < -0.39 is 0 Å². The van der Waals surface area contributed by atoms with Crippen LogP contribution in [0, 0.1) is 6.92 Å². The number of aromatic hydroxyl groups is 1. The summed E-state index contributed by atoms with van der Waals surface area (Å²) in [5.74, 6) is 0.416. The lowest BCUT2D eigenvalue weighted by molar-refractivity contribution is 0.475. The molecule has 0 heterocycles. The summed E-state index contributed by atoms with van der Waals surface area (Å²) in [6, 6.07) is 20.4. The fourth-order valence-corrected chi connectivity index (χ4v) is 2.54. The lowest BCUT2D eigenvalue weighted by atomic mass is 9.97. The second-order valence-corrected chi connectivity index (χ2v) is 4.91. The molecule has 3 aromatic carbocycles. The number of hydrogen-bond donors (Lipinski definition) is 1. The van der Waals surface area contributed by atoms with E-state index in [1.54, 1.807) is 0 Å². The van der Waals surface area contributed by atoms with Gasteiger partial charge in [0.1, 0.15) is 5.75 Å². The summed E-state index contributed by atoms with van der Waals surface area (Å²) in [5.41, 5.74) is 3.31. The Hall–Kier alpha value is -2.28. The Morgan fingerprint density at radius 3 is 2.42 bits per heavy atom. The minimum absolute atomic E-state index is 0.416. The molecule has 0 saturated carbocycles. The Morgan fingerprint density at radius 1 is 0.842 bits per heavy atom. The smallest absolute Gasteiger partial charge is 0.127 e. The van der Waals surface area contributed by atoms with Gasteiger partial charge in [-0.05, 0) is 29.0 Å². The van der Waals surface area contributed by atoms with Gasteiger partial charge in [-0.2, -0.15) is 0 Å². The Bertz CT molecular complexity index is 714. The standard InChI is InChI=1S/C18H16O/c1-13-6-5-9-15-10-11-16(18(19)17(13)15)12-14-7-3-2-4-8-14/h2-11,19H,12H2,1H3. The lowest BCUT2D eigenvalue weighted by Gasteiger charge is -2.10. The van der Waals surface area contributed by atoms with Crippen LogP contribution in [0.4, 0.5) is 0 Å². The van der Waals surface area contributed by atoms with Crippen LogP contribution >= 0.6 is 0 Å². The number of benzene rings is 3. The van der Waals surface area contributed by atoms with Crippen LogP contribution in [0.15, 0.2) is 60.7 Å². The van der Waals surface area contributed by atoms with Crippen molar-refractivity contribution in [2.75, 3.05) is 0 Å². The van der Waals surface area contributed by atoms with E-state index in [1.807, 2.05) is 49.4 Å². The highest BCUT2D eigenvalue weighted by molar-refractivity contribution is 5.92. The van der Waals surface area contributed by atoms with Crippen molar-refractivity contribution in [3.05, 3.63) is 77.4 Å². The maximum absolute atomic E-state index is 10.5. The van der Waals surface area contributed by atoms with Gasteiger partial charge in [0.25, 0.3) is 0 Å². The van der Waals surface area contributed by atoms with Crippen LogP contribution in [0.2, 0.25) is 0 Å². The predicted octanol–water partition coefficient (Wildman–Crippen LogP) is 4.44. The molecule has 1 N–H and O–H groups in total. The van der Waals surface area contributed by atoms with Crippen LogP contribution < -0.4 is 0 Å². The van der Waals surface area contributed by atoms with Gasteiger partial charge in [-0.1, -0.05) is 60.7 Å². The maximum Gasteiger partial charge on any atom is 0.127 e. The third kappa shape index (κ3) is 2.19. The predicted molar refractivity (Wildman–Crippen MR) is 79.6 cm³/mol. The van der Waals surface area contributed by atoms with Crippen LogP contribution in [0.5, 0.6) is 5.75 Å². The zero-order valence-corrected chi connectivity index (χ0v) is 10.9. The Kier molecular flexibility index (Phi) is 2.96. The number of phenols is 1. The summed E-state index contributed by atoms with van der Waals surface area (Å²) < 4.78 is 0. The molecule has 0 atom stereocenters. The Labute approximate surface area is 113 Å². The van der Waals surface area contributed by atoms with Crippen molar-refractivity contribution in [1.29, 1.82) is 0 Å². The van der Waals surface area contributed by atoms with Gasteiger partial charge in [-0.3, -0.25) is 0 Å². The van der Waals surface area contributed by atoms with E-state index in [9.17, 15) is 5.11 Å². The zero-order chi connectivity index (χ0) is 13.2. The molecule has 0 bridgehead atoms. The second-order valence-electron chi connectivity index (χ2n) is 4.91. The third-order valence-corrected chi connectivity index (χ3v) is 3.55. The number of aryl methyl sites for hydroxylation is 1. The molecule has 0 saturated heterocycles. The lowest BCUT2D eigenvalue weighted by Crippen LogP contribution is -1.90. The van der Waals surface area contributed by atoms with Crippen LogP contribution in [0.25, 0.3) is 10.8 Å². The second kappa shape index (κ2) is 4.77. The van der Waals surface area contributed by atoms with Crippen molar-refractivity contribution in [1.82, 2.24) is 0 Å². The Balaban J connectivity index is 2.10. The molecule has 94 valence electrons. The van der Waals surface area contributed by atoms with Crippen molar-refractivity contribution < 1.29 is 5.11 Å². The number of fused-ring (bicyclic) bond motifs is 1. The highest BCUT2D eigenvalue weighted by Gasteiger charge is 2.08. The summed E-state index contributed by atoms with van der Waals surface area (Å²) >= 11 is 0. The molecular weight excluding hydrogens is 232 g/mol. The first-order valence-electron chi connectivity index (χ1n) is 6.50. The molecule has 0 unspecified atom stereocenters. The van der Waals surface area contributed by atoms with Gasteiger partial charge in [0, 0.05) is 11.8 Å². The van der Waals surface area contributed by atoms with Crippen molar-refractivity contribution in [2.45, 2.75) is 13.3 Å². The van der Waals surface area contributed by atoms with E-state index in [1.165, 1.54) is 5.56 Å². The molecule has 1 heteroatoms. The number of phenolic OH excluding ortho intramolecular Hbond substituents is 1. The first-order chi connectivity index (χ1) is 9.25. The molecular formula is C18H16O. The van der Waals surface area contributed by atoms with E-state index in [0.29, 0.717) is 5.75 Å². The van der Waals surface area contributed by atoms with E-state index >= 15 is 0 Å². The fraction of sp³-hybridized carbons (Fsp3) is 0.111. The first kappa shape index (κ1) is 11.8. The molecule has 0 aliphatic heterocycles. The topological polar surface area (TPSA) is 20.2 Å². The summed E-state index contributed by atoms with van der Waals surface area (Å²) in [7, 11) is 0. The summed E-state index contributed by atoms with van der Waals surface area (Å²) in [5, 5.41) is 12.6. The highest BCUT2D eigenvalue weighted by Crippen LogP contribution is 2.32. The molecule has 3 rings (SSSR count). The summed E-state index contributed by atoms with van der Waals surface area (Å²) in [6.07, 6.45) is 0.761. The summed E-state index contributed by atoms with van der Waals surface area (Å²) in [6.45, 7) is 2.04. The highest BCUT2D eigenvalue weighted by atomic mass is 16.3. The van der Waals surface area contributed by atoms with Crippen molar-refractivity contribution >= 4 is 10.8 Å². The molecule has 0 aliphatic rings. The molecule has 1 nitrogen and oxygen atoms in total. The van der Waals surface area contributed by atoms with Crippen LogP contribution in [-0.4, -0.2) is 5.11 Å². The SMILES string of the molecule is Cc1cccc2ccc(Cc3ccccc3)c(O)c12. The normalized spacial score (nSPS) is 10.8. The van der Waals surface area contributed by atoms with Crippen LogP contribution in [0.1, 0.15) is 16.7 Å². The van der Waals surface area contributed by atoms with Gasteiger partial charge in [0.15, 0.2) is 0 Å². The van der Waals surface area contributed by atoms with Gasteiger partial charge >= 0.3 is 0 Å². The monoisotopic (exact) mass is 248 g/mol. The van der Waals surface area contributed by atoms with E-state index in [2.05, 4.69) is 18.2 Å². The minimum atomic E-state index is 0.416. The van der Waals surface area contributed by atoms with E-state index in [-0.39, 0.29) is 0 Å². The van der Waals surface area contributed by atoms with Crippen molar-refractivity contribution in [2.24, 2.45) is 0 Å². The van der Waals surface area contributed by atoms with Gasteiger partial charge in [0.05, 0.1) is 0 Å². The zero-order valence-electron chi connectivity index (χ0n) is 10.9. The molecule has 0 aliphatic carbocycles. The van der Waals surface area contributed by atoms with Crippen molar-refractivity contribution in [3.8, 4) is 5.75 Å². The molecule has 0 spiro atoms. The third-order valence-electron chi connectivity index (χ3n) is 3.55. The quantitative estimate of drug-likeness (QED) is 0.710. The molecule has 0 amide bonds. The molecule has 0 aromatic heterocycles. The average Bonchev–Trinajstić information content (AvgIpc) is 2.43. The maximum atomic E-state index is 10.5. The average molecular weight is 248 g/mol. The van der Waals surface area contributed by atoms with Gasteiger partial charge < -0.3 is 5.11 Å². The van der Waals surface area contributed by atoms with Crippen molar-refractivity contribution in [3.63, 3.8) is 0 Å². The van der Waals surface area contributed by atoms with Gasteiger partial charge in [-0.15, -0.1) is 0 Å². The fourth-order valence-electron chi connectivity index (χ4n) is 2.54. The van der Waals surface area contributed by atoms with Crippen LogP contribution in [-0.2, 0) is 6.42 Å². The van der Waals surface area contributed by atoms with E-state index in [4.69, 9.17) is 0 Å². The molecule has 0 radical (unpaired) electrons. The molecule has 0 fully saturated rings. The largest absolute Gasteiger partial charge is 0.507 e. The molecule has 19 heavy (non-hydrogen) atoms. The number of hydrogen-bond acceptors (Lipinski definition) is 1. The Morgan fingerprint density at radius 2 is 1.63 bits per heavy atom. The first-order valence-corrected chi connectivity index (χ1v) is 6.50. The number of rotatable bonds is 2. The molecule has 3 aromatic rings. The summed E-state index contributed by atoms with van der Waals surface area (Å²) in [4.78, 5) is 0. The minimum Gasteiger partial charge on any atom is -0.507 e. The van der Waals surface area contributed by atoms with Crippen LogP contribution in [0.3, 0.4) is 0 Å². The van der Waals surface area contributed by atoms with E-state index in [0.717, 1.165) is 28.3 Å². The van der Waals surface area contributed by atoms with Gasteiger partial charge in [0.2, 0.25) is 0 Å². The van der Waals surface area contributed by atoms with Gasteiger partial charge in [-0.25, -0.2) is 0 Å².